The molecule has 1 unspecified atom stereocenters. The van der Waals surface area contributed by atoms with E-state index in [0.29, 0.717) is 19.5 Å². The first-order valence-electron chi connectivity index (χ1n) is 9.53. The Morgan fingerprint density at radius 3 is 2.43 bits per heavy atom. The van der Waals surface area contributed by atoms with E-state index in [9.17, 15) is 18.4 Å². The molecule has 0 aromatic heterocycles. The zero-order chi connectivity index (χ0) is 21.7. The minimum atomic E-state index is -2.87. The Kier molecular flexibility index (Phi) is 6.99. The molecule has 0 radical (unpaired) electrons. The molecule has 0 bridgehead atoms. The molecule has 1 aliphatic rings. The average Bonchev–Trinajstić information content (AvgIpc) is 2.73. The quantitative estimate of drug-likeness (QED) is 0.648. The van der Waals surface area contributed by atoms with Crippen molar-refractivity contribution in [1.82, 2.24) is 9.80 Å². The average molecular weight is 418 g/mol. The van der Waals surface area contributed by atoms with E-state index >= 15 is 0 Å². The molecule has 1 amide bonds. The van der Waals surface area contributed by atoms with Gasteiger partial charge in [0, 0.05) is 19.5 Å². The van der Waals surface area contributed by atoms with Crippen molar-refractivity contribution in [2.24, 2.45) is 0 Å². The SMILES string of the molecule is COC(=O)C1Cc2ccccc2CN1C(=O)CN(C)Cc1ccc(OC(F)F)cc1. The molecular formula is C22H24F2N2O4. The largest absolute Gasteiger partial charge is 0.467 e. The summed E-state index contributed by atoms with van der Waals surface area (Å²) >= 11 is 0. The maximum absolute atomic E-state index is 13.0. The van der Waals surface area contributed by atoms with Gasteiger partial charge in [-0.3, -0.25) is 9.69 Å². The number of methoxy groups -OCH3 is 1. The van der Waals surface area contributed by atoms with Crippen LogP contribution in [0.15, 0.2) is 48.5 Å². The smallest absolute Gasteiger partial charge is 0.387 e. The van der Waals surface area contributed by atoms with Crippen LogP contribution < -0.4 is 4.74 Å². The van der Waals surface area contributed by atoms with Gasteiger partial charge in [-0.1, -0.05) is 36.4 Å². The van der Waals surface area contributed by atoms with Gasteiger partial charge in [-0.15, -0.1) is 0 Å². The molecule has 0 spiro atoms. The summed E-state index contributed by atoms with van der Waals surface area (Å²) in [6, 6.07) is 13.4. The zero-order valence-corrected chi connectivity index (χ0v) is 16.9. The number of alkyl halides is 2. The lowest BCUT2D eigenvalue weighted by molar-refractivity contribution is -0.154. The van der Waals surface area contributed by atoms with Crippen LogP contribution in [0.25, 0.3) is 0 Å². The summed E-state index contributed by atoms with van der Waals surface area (Å²) in [4.78, 5) is 28.6. The van der Waals surface area contributed by atoms with Crippen LogP contribution in [0.1, 0.15) is 16.7 Å². The van der Waals surface area contributed by atoms with Crippen LogP contribution in [-0.4, -0.2) is 55.0 Å². The van der Waals surface area contributed by atoms with Gasteiger partial charge < -0.3 is 14.4 Å². The number of carbonyl (C=O) groups is 2. The van der Waals surface area contributed by atoms with E-state index in [1.807, 2.05) is 24.3 Å². The van der Waals surface area contributed by atoms with E-state index < -0.39 is 18.6 Å². The summed E-state index contributed by atoms with van der Waals surface area (Å²) in [5.41, 5.74) is 2.90. The highest BCUT2D eigenvalue weighted by molar-refractivity contribution is 5.86. The van der Waals surface area contributed by atoms with E-state index in [1.54, 1.807) is 29.0 Å². The Balaban J connectivity index is 1.65. The molecule has 0 saturated carbocycles. The molecule has 0 N–H and O–H groups in total. The van der Waals surface area contributed by atoms with Gasteiger partial charge in [-0.25, -0.2) is 4.79 Å². The summed E-state index contributed by atoms with van der Waals surface area (Å²) in [5, 5.41) is 0. The second kappa shape index (κ2) is 9.67. The Morgan fingerprint density at radius 2 is 1.80 bits per heavy atom. The van der Waals surface area contributed by atoms with Crippen LogP contribution in [0.5, 0.6) is 5.75 Å². The normalized spacial score (nSPS) is 15.8. The second-order valence-corrected chi connectivity index (χ2v) is 7.23. The van der Waals surface area contributed by atoms with Gasteiger partial charge in [0.1, 0.15) is 11.8 Å². The maximum atomic E-state index is 13.0. The number of fused-ring (bicyclic) bond motifs is 1. The third-order valence-corrected chi connectivity index (χ3v) is 5.05. The highest BCUT2D eigenvalue weighted by atomic mass is 19.3. The number of likely N-dealkylation sites (N-methyl/N-ethyl adjacent to an activating group) is 1. The number of hydrogen-bond donors (Lipinski definition) is 0. The Morgan fingerprint density at radius 1 is 1.13 bits per heavy atom. The maximum Gasteiger partial charge on any atom is 0.387 e. The number of ether oxygens (including phenoxy) is 2. The van der Waals surface area contributed by atoms with E-state index in [0.717, 1.165) is 16.7 Å². The number of amides is 1. The predicted molar refractivity (Wildman–Crippen MR) is 106 cm³/mol. The standard InChI is InChI=1S/C22H24F2N2O4/c1-25(12-15-7-9-18(10-8-15)30-22(23)24)14-20(27)26-13-17-6-4-3-5-16(17)11-19(26)21(28)29-2/h3-10,19,22H,11-14H2,1-2H3. The summed E-state index contributed by atoms with van der Waals surface area (Å²) < 4.78 is 33.8. The summed E-state index contributed by atoms with van der Waals surface area (Å²) in [7, 11) is 3.10. The minimum absolute atomic E-state index is 0.0837. The molecule has 0 aliphatic carbocycles. The first-order chi connectivity index (χ1) is 14.4. The zero-order valence-electron chi connectivity index (χ0n) is 16.9. The Hall–Kier alpha value is -3.00. The number of carbonyl (C=O) groups excluding carboxylic acids is 2. The molecule has 0 fully saturated rings. The molecule has 2 aromatic carbocycles. The highest BCUT2D eigenvalue weighted by Gasteiger charge is 2.35. The molecule has 2 aromatic rings. The van der Waals surface area contributed by atoms with Crippen LogP contribution in [-0.2, 0) is 33.8 Å². The number of nitrogens with zero attached hydrogens (tertiary/aromatic N) is 2. The third-order valence-electron chi connectivity index (χ3n) is 5.05. The lowest BCUT2D eigenvalue weighted by Gasteiger charge is -2.36. The minimum Gasteiger partial charge on any atom is -0.467 e. The van der Waals surface area contributed by atoms with Gasteiger partial charge in [0.15, 0.2) is 0 Å². The molecule has 3 rings (SSSR count). The van der Waals surface area contributed by atoms with Gasteiger partial charge in [0.2, 0.25) is 5.91 Å². The number of halogens is 2. The van der Waals surface area contributed by atoms with Crippen molar-refractivity contribution >= 4 is 11.9 Å². The lowest BCUT2D eigenvalue weighted by Crippen LogP contribution is -2.51. The number of esters is 1. The van der Waals surface area contributed by atoms with Crippen molar-refractivity contribution in [3.05, 3.63) is 65.2 Å². The van der Waals surface area contributed by atoms with Crippen molar-refractivity contribution in [3.63, 3.8) is 0 Å². The monoisotopic (exact) mass is 418 g/mol. The van der Waals surface area contributed by atoms with E-state index in [2.05, 4.69) is 4.74 Å². The molecule has 8 heteroatoms. The number of hydrogen-bond acceptors (Lipinski definition) is 5. The molecule has 1 atom stereocenters. The van der Waals surface area contributed by atoms with Crippen LogP contribution in [0.4, 0.5) is 8.78 Å². The molecular weight excluding hydrogens is 394 g/mol. The molecule has 6 nitrogen and oxygen atoms in total. The molecule has 160 valence electrons. The predicted octanol–water partition coefficient (Wildman–Crippen LogP) is 2.85. The van der Waals surface area contributed by atoms with Crippen molar-refractivity contribution in [2.45, 2.75) is 32.2 Å². The van der Waals surface area contributed by atoms with Crippen molar-refractivity contribution in [1.29, 1.82) is 0 Å². The van der Waals surface area contributed by atoms with Crippen molar-refractivity contribution < 1.29 is 27.8 Å². The molecule has 1 aliphatic heterocycles. The fourth-order valence-electron chi connectivity index (χ4n) is 3.60. The van der Waals surface area contributed by atoms with E-state index in [4.69, 9.17) is 4.74 Å². The molecule has 30 heavy (non-hydrogen) atoms. The fraction of sp³-hybridized carbons (Fsp3) is 0.364. The van der Waals surface area contributed by atoms with Gasteiger partial charge in [-0.05, 0) is 35.9 Å². The first kappa shape index (κ1) is 21.7. The van der Waals surface area contributed by atoms with Crippen LogP contribution in [0, 0.1) is 0 Å². The van der Waals surface area contributed by atoms with Crippen LogP contribution in [0.2, 0.25) is 0 Å². The summed E-state index contributed by atoms with van der Waals surface area (Å²) in [6.45, 7) is -1.98. The topological polar surface area (TPSA) is 59.1 Å². The third kappa shape index (κ3) is 5.33. The Labute approximate surface area is 174 Å². The van der Waals surface area contributed by atoms with E-state index in [-0.39, 0.29) is 18.2 Å². The van der Waals surface area contributed by atoms with Gasteiger partial charge in [0.25, 0.3) is 0 Å². The number of benzene rings is 2. The Bertz CT molecular complexity index is 889. The highest BCUT2D eigenvalue weighted by Crippen LogP contribution is 2.24. The first-order valence-corrected chi connectivity index (χ1v) is 9.53. The lowest BCUT2D eigenvalue weighted by atomic mass is 9.94. The van der Waals surface area contributed by atoms with Gasteiger partial charge >= 0.3 is 12.6 Å². The van der Waals surface area contributed by atoms with Crippen molar-refractivity contribution in [2.75, 3.05) is 20.7 Å². The van der Waals surface area contributed by atoms with E-state index in [1.165, 1.54) is 19.2 Å². The fourth-order valence-corrected chi connectivity index (χ4v) is 3.60. The summed E-state index contributed by atoms with van der Waals surface area (Å²) in [6.07, 6.45) is 0.421. The van der Waals surface area contributed by atoms with Crippen LogP contribution in [0.3, 0.4) is 0 Å². The van der Waals surface area contributed by atoms with Gasteiger partial charge in [0.05, 0.1) is 13.7 Å². The molecule has 1 heterocycles. The van der Waals surface area contributed by atoms with Crippen molar-refractivity contribution in [3.8, 4) is 5.75 Å². The summed E-state index contributed by atoms with van der Waals surface area (Å²) in [5.74, 6) is -0.532. The number of rotatable bonds is 7. The van der Waals surface area contributed by atoms with Crippen LogP contribution >= 0.6 is 0 Å². The molecule has 0 saturated heterocycles. The van der Waals surface area contributed by atoms with Gasteiger partial charge in [-0.2, -0.15) is 8.78 Å². The second-order valence-electron chi connectivity index (χ2n) is 7.23.